The van der Waals surface area contributed by atoms with Crippen LogP contribution in [0.25, 0.3) is 6.08 Å². The van der Waals surface area contributed by atoms with Crippen molar-refractivity contribution in [2.45, 2.75) is 13.0 Å². The molecule has 2 N–H and O–H groups in total. The summed E-state index contributed by atoms with van der Waals surface area (Å²) < 4.78 is 18.7. The van der Waals surface area contributed by atoms with Crippen LogP contribution in [-0.4, -0.2) is 17.6 Å². The average molecular weight is 324 g/mol. The first kappa shape index (κ1) is 16.3. The van der Waals surface area contributed by atoms with Crippen molar-refractivity contribution in [3.05, 3.63) is 64.3 Å². The number of amides is 1. The van der Waals surface area contributed by atoms with Crippen molar-refractivity contribution in [1.82, 2.24) is 5.32 Å². The SMILES string of the molecule is Cc1ccc(/C=C/C(=O)NC(CO)c2ccc(Cl)c(F)c2)o1. The minimum Gasteiger partial charge on any atom is -0.462 e. The van der Waals surface area contributed by atoms with Crippen molar-refractivity contribution < 1.29 is 18.7 Å². The summed E-state index contributed by atoms with van der Waals surface area (Å²) >= 11 is 5.61. The Balaban J connectivity index is 2.04. The highest BCUT2D eigenvalue weighted by Crippen LogP contribution is 2.20. The van der Waals surface area contributed by atoms with Crippen molar-refractivity contribution in [3.63, 3.8) is 0 Å². The molecule has 6 heteroatoms. The van der Waals surface area contributed by atoms with E-state index >= 15 is 0 Å². The molecule has 4 nitrogen and oxygen atoms in total. The van der Waals surface area contributed by atoms with E-state index in [1.807, 2.05) is 0 Å². The maximum atomic E-state index is 13.4. The summed E-state index contributed by atoms with van der Waals surface area (Å²) in [6, 6.07) is 6.90. The topological polar surface area (TPSA) is 62.5 Å². The lowest BCUT2D eigenvalue weighted by Gasteiger charge is -2.15. The number of aliphatic hydroxyl groups is 1. The highest BCUT2D eigenvalue weighted by Gasteiger charge is 2.14. The molecule has 2 rings (SSSR count). The molecule has 1 aromatic heterocycles. The lowest BCUT2D eigenvalue weighted by molar-refractivity contribution is -0.117. The Morgan fingerprint density at radius 1 is 1.45 bits per heavy atom. The summed E-state index contributed by atoms with van der Waals surface area (Å²) in [5.41, 5.74) is 0.431. The maximum Gasteiger partial charge on any atom is 0.244 e. The van der Waals surface area contributed by atoms with E-state index < -0.39 is 17.8 Å². The van der Waals surface area contributed by atoms with Gasteiger partial charge < -0.3 is 14.8 Å². The van der Waals surface area contributed by atoms with E-state index in [0.29, 0.717) is 11.3 Å². The maximum absolute atomic E-state index is 13.4. The van der Waals surface area contributed by atoms with Crippen molar-refractivity contribution in [1.29, 1.82) is 0 Å². The fourth-order valence-electron chi connectivity index (χ4n) is 1.88. The van der Waals surface area contributed by atoms with Gasteiger partial charge in [0.2, 0.25) is 5.91 Å². The number of carbonyl (C=O) groups is 1. The van der Waals surface area contributed by atoms with Crippen LogP contribution in [0.5, 0.6) is 0 Å². The van der Waals surface area contributed by atoms with Gasteiger partial charge in [-0.1, -0.05) is 17.7 Å². The van der Waals surface area contributed by atoms with Crippen LogP contribution >= 0.6 is 11.6 Å². The van der Waals surface area contributed by atoms with Gasteiger partial charge in [-0.05, 0) is 42.8 Å². The molecule has 0 spiro atoms. The van der Waals surface area contributed by atoms with Crippen molar-refractivity contribution in [3.8, 4) is 0 Å². The number of hydrogen-bond donors (Lipinski definition) is 2. The molecule has 1 heterocycles. The summed E-state index contributed by atoms with van der Waals surface area (Å²) in [5, 5.41) is 11.9. The molecule has 1 unspecified atom stereocenters. The minimum absolute atomic E-state index is 0.0140. The molecule has 0 aliphatic rings. The number of rotatable bonds is 5. The van der Waals surface area contributed by atoms with E-state index in [-0.39, 0.29) is 11.6 Å². The van der Waals surface area contributed by atoms with Crippen LogP contribution in [0.2, 0.25) is 5.02 Å². The fraction of sp³-hybridized carbons (Fsp3) is 0.188. The smallest absolute Gasteiger partial charge is 0.244 e. The monoisotopic (exact) mass is 323 g/mol. The van der Waals surface area contributed by atoms with E-state index in [9.17, 15) is 14.3 Å². The van der Waals surface area contributed by atoms with Gasteiger partial charge in [0.15, 0.2) is 0 Å². The molecule has 22 heavy (non-hydrogen) atoms. The zero-order valence-corrected chi connectivity index (χ0v) is 12.6. The van der Waals surface area contributed by atoms with E-state index in [4.69, 9.17) is 16.0 Å². The summed E-state index contributed by atoms with van der Waals surface area (Å²) in [7, 11) is 0. The summed E-state index contributed by atoms with van der Waals surface area (Å²) in [6.07, 6.45) is 2.80. The molecule has 1 aromatic carbocycles. The molecule has 1 atom stereocenters. The molecule has 2 aromatic rings. The Kier molecular flexibility index (Phi) is 5.35. The van der Waals surface area contributed by atoms with Gasteiger partial charge in [-0.3, -0.25) is 4.79 Å². The fourth-order valence-corrected chi connectivity index (χ4v) is 2.00. The zero-order valence-electron chi connectivity index (χ0n) is 11.8. The second kappa shape index (κ2) is 7.24. The third-order valence-electron chi connectivity index (χ3n) is 3.01. The van der Waals surface area contributed by atoms with Crippen LogP contribution in [0.15, 0.2) is 40.8 Å². The predicted octanol–water partition coefficient (Wildman–Crippen LogP) is 3.24. The quantitative estimate of drug-likeness (QED) is 0.830. The van der Waals surface area contributed by atoms with Gasteiger partial charge in [-0.15, -0.1) is 0 Å². The van der Waals surface area contributed by atoms with Gasteiger partial charge in [0.25, 0.3) is 0 Å². The molecule has 116 valence electrons. The van der Waals surface area contributed by atoms with Gasteiger partial charge in [0.05, 0.1) is 17.7 Å². The lowest BCUT2D eigenvalue weighted by atomic mass is 10.1. The molecular weight excluding hydrogens is 309 g/mol. The van der Waals surface area contributed by atoms with Crippen molar-refractivity contribution in [2.75, 3.05) is 6.61 Å². The van der Waals surface area contributed by atoms with Crippen LogP contribution in [0.1, 0.15) is 23.1 Å². The summed E-state index contributed by atoms with van der Waals surface area (Å²) in [5.74, 6) is 0.257. The summed E-state index contributed by atoms with van der Waals surface area (Å²) in [4.78, 5) is 11.8. The van der Waals surface area contributed by atoms with Crippen LogP contribution in [0, 0.1) is 12.7 Å². The number of aliphatic hydroxyl groups excluding tert-OH is 1. The standard InChI is InChI=1S/C16H15ClFNO3/c1-10-2-4-12(22-10)5-7-16(21)19-15(9-20)11-3-6-13(17)14(18)8-11/h2-8,15,20H,9H2,1H3,(H,19,21)/b7-5+. The third-order valence-corrected chi connectivity index (χ3v) is 3.31. The highest BCUT2D eigenvalue weighted by molar-refractivity contribution is 6.30. The Morgan fingerprint density at radius 3 is 2.82 bits per heavy atom. The Labute approximate surface area is 132 Å². The highest BCUT2D eigenvalue weighted by atomic mass is 35.5. The van der Waals surface area contributed by atoms with E-state index in [1.165, 1.54) is 24.3 Å². The number of nitrogens with one attached hydrogen (secondary N) is 1. The Morgan fingerprint density at radius 2 is 2.23 bits per heavy atom. The second-order valence-corrected chi connectivity index (χ2v) is 5.11. The number of carbonyl (C=O) groups excluding carboxylic acids is 1. The van der Waals surface area contributed by atoms with Crippen LogP contribution in [0.4, 0.5) is 4.39 Å². The molecular formula is C16H15ClFNO3. The van der Waals surface area contributed by atoms with Gasteiger partial charge in [0.1, 0.15) is 17.3 Å². The van der Waals surface area contributed by atoms with Crippen molar-refractivity contribution >= 4 is 23.6 Å². The van der Waals surface area contributed by atoms with Gasteiger partial charge in [-0.25, -0.2) is 4.39 Å². The summed E-state index contributed by atoms with van der Waals surface area (Å²) in [6.45, 7) is 1.44. The van der Waals surface area contributed by atoms with Gasteiger partial charge >= 0.3 is 0 Å². The second-order valence-electron chi connectivity index (χ2n) is 4.70. The number of halogens is 2. The predicted molar refractivity (Wildman–Crippen MR) is 81.9 cm³/mol. The molecule has 0 bridgehead atoms. The van der Waals surface area contributed by atoms with Gasteiger partial charge in [0, 0.05) is 6.08 Å². The first-order valence-electron chi connectivity index (χ1n) is 6.60. The molecule has 1 amide bonds. The van der Waals surface area contributed by atoms with Crippen LogP contribution in [-0.2, 0) is 4.79 Å². The van der Waals surface area contributed by atoms with E-state index in [0.717, 1.165) is 5.76 Å². The van der Waals surface area contributed by atoms with Crippen LogP contribution < -0.4 is 5.32 Å². The largest absolute Gasteiger partial charge is 0.462 e. The number of hydrogen-bond acceptors (Lipinski definition) is 3. The van der Waals surface area contributed by atoms with Crippen molar-refractivity contribution in [2.24, 2.45) is 0 Å². The van der Waals surface area contributed by atoms with E-state index in [2.05, 4.69) is 5.32 Å². The lowest BCUT2D eigenvalue weighted by Crippen LogP contribution is -2.29. The van der Waals surface area contributed by atoms with Crippen LogP contribution in [0.3, 0.4) is 0 Å². The minimum atomic E-state index is -0.720. The molecule has 0 saturated carbocycles. The molecule has 0 radical (unpaired) electrons. The van der Waals surface area contributed by atoms with E-state index in [1.54, 1.807) is 25.1 Å². The molecule has 0 saturated heterocycles. The number of aryl methyl sites for hydroxylation is 1. The first-order valence-corrected chi connectivity index (χ1v) is 6.98. The molecule has 0 aliphatic carbocycles. The first-order chi connectivity index (χ1) is 10.5. The third kappa shape index (κ3) is 4.19. The molecule has 0 aliphatic heterocycles. The average Bonchev–Trinajstić information content (AvgIpc) is 2.91. The number of benzene rings is 1. The Bertz CT molecular complexity index is 696. The zero-order chi connectivity index (χ0) is 16.1. The normalized spacial score (nSPS) is 12.5. The molecule has 0 fully saturated rings. The van der Waals surface area contributed by atoms with Gasteiger partial charge in [-0.2, -0.15) is 0 Å². The number of furan rings is 1. The Hall–Kier alpha value is -2.11.